The summed E-state index contributed by atoms with van der Waals surface area (Å²) in [5.41, 5.74) is 2.43. The van der Waals surface area contributed by atoms with Crippen LogP contribution in [-0.2, 0) is 11.8 Å². The van der Waals surface area contributed by atoms with Gasteiger partial charge in [0, 0.05) is 11.0 Å². The molecule has 1 aromatic carbocycles. The van der Waals surface area contributed by atoms with Crippen LogP contribution >= 0.6 is 0 Å². The van der Waals surface area contributed by atoms with Gasteiger partial charge in [-0.25, -0.2) is 0 Å². The van der Waals surface area contributed by atoms with E-state index in [4.69, 9.17) is 0 Å². The average Bonchev–Trinajstić information content (AvgIpc) is 2.46. The van der Waals surface area contributed by atoms with Crippen molar-refractivity contribution in [1.82, 2.24) is 0 Å². The minimum absolute atomic E-state index is 0.0246. The maximum Gasteiger partial charge on any atom is 0.119 e. The molecule has 0 heterocycles. The van der Waals surface area contributed by atoms with E-state index in [1.165, 1.54) is 18.4 Å². The third kappa shape index (κ3) is 2.75. The molecular formula is C18H24O. The second kappa shape index (κ2) is 6.10. The van der Waals surface area contributed by atoms with Gasteiger partial charge in [-0.05, 0) is 37.3 Å². The van der Waals surface area contributed by atoms with E-state index in [0.717, 1.165) is 24.8 Å². The van der Waals surface area contributed by atoms with Crippen molar-refractivity contribution in [1.29, 1.82) is 0 Å². The van der Waals surface area contributed by atoms with Crippen LogP contribution < -0.4 is 0 Å². The molecule has 0 bridgehead atoms. The molecule has 0 aromatic heterocycles. The fourth-order valence-electron chi connectivity index (χ4n) is 3.03. The van der Waals surface area contributed by atoms with Gasteiger partial charge in [0.1, 0.15) is 5.75 Å². The van der Waals surface area contributed by atoms with E-state index in [0.29, 0.717) is 5.75 Å². The van der Waals surface area contributed by atoms with E-state index in [2.05, 4.69) is 44.2 Å². The molecule has 102 valence electrons. The number of hydrogen-bond acceptors (Lipinski definition) is 1. The first-order chi connectivity index (χ1) is 9.23. The molecule has 1 aromatic rings. The monoisotopic (exact) mass is 256 g/mol. The van der Waals surface area contributed by atoms with Gasteiger partial charge in [-0.1, -0.05) is 56.7 Å². The van der Waals surface area contributed by atoms with Crippen molar-refractivity contribution in [3.05, 3.63) is 53.6 Å². The highest BCUT2D eigenvalue weighted by molar-refractivity contribution is 5.49. The van der Waals surface area contributed by atoms with E-state index in [1.54, 1.807) is 0 Å². The Bertz CT molecular complexity index is 484. The first-order valence-electron chi connectivity index (χ1n) is 7.39. The van der Waals surface area contributed by atoms with Crippen molar-refractivity contribution in [2.75, 3.05) is 0 Å². The number of hydrogen-bond donors (Lipinski definition) is 1. The Morgan fingerprint density at radius 1 is 1.21 bits per heavy atom. The van der Waals surface area contributed by atoms with Crippen LogP contribution in [0.5, 0.6) is 5.75 Å². The molecule has 0 spiro atoms. The summed E-state index contributed by atoms with van der Waals surface area (Å²) in [4.78, 5) is 0. The molecule has 19 heavy (non-hydrogen) atoms. The Labute approximate surface area is 116 Å². The van der Waals surface area contributed by atoms with Crippen LogP contribution in [0.4, 0.5) is 0 Å². The number of phenols is 1. The van der Waals surface area contributed by atoms with Gasteiger partial charge >= 0.3 is 0 Å². The third-order valence-electron chi connectivity index (χ3n) is 4.20. The van der Waals surface area contributed by atoms with Crippen LogP contribution in [0.1, 0.15) is 50.7 Å². The van der Waals surface area contributed by atoms with Crippen molar-refractivity contribution in [2.45, 2.75) is 51.4 Å². The number of aryl methyl sites for hydroxylation is 1. The van der Waals surface area contributed by atoms with Crippen molar-refractivity contribution < 1.29 is 5.11 Å². The van der Waals surface area contributed by atoms with Gasteiger partial charge in [0.25, 0.3) is 0 Å². The molecular weight excluding hydrogens is 232 g/mol. The van der Waals surface area contributed by atoms with Crippen molar-refractivity contribution in [2.24, 2.45) is 0 Å². The molecule has 0 fully saturated rings. The van der Waals surface area contributed by atoms with Gasteiger partial charge in [0.15, 0.2) is 0 Å². The maximum atomic E-state index is 10.4. The van der Waals surface area contributed by atoms with Crippen LogP contribution in [0.2, 0.25) is 0 Å². The fraction of sp³-hybridized carbons (Fsp3) is 0.444. The summed E-state index contributed by atoms with van der Waals surface area (Å²) in [6.07, 6.45) is 14.1. The van der Waals surface area contributed by atoms with Crippen molar-refractivity contribution in [3.8, 4) is 5.75 Å². The highest BCUT2D eigenvalue weighted by atomic mass is 16.3. The van der Waals surface area contributed by atoms with Gasteiger partial charge in [0.2, 0.25) is 0 Å². The van der Waals surface area contributed by atoms with Crippen LogP contribution in [0.3, 0.4) is 0 Å². The minimum Gasteiger partial charge on any atom is -0.508 e. The topological polar surface area (TPSA) is 20.2 Å². The van der Waals surface area contributed by atoms with Gasteiger partial charge in [-0.2, -0.15) is 0 Å². The highest BCUT2D eigenvalue weighted by Gasteiger charge is 2.32. The number of aromatic hydroxyl groups is 1. The molecule has 0 saturated carbocycles. The molecule has 1 N–H and O–H groups in total. The molecule has 1 aliphatic carbocycles. The normalized spacial score (nSPS) is 21.8. The van der Waals surface area contributed by atoms with E-state index in [9.17, 15) is 5.11 Å². The second-order valence-corrected chi connectivity index (χ2v) is 5.42. The second-order valence-electron chi connectivity index (χ2n) is 5.42. The van der Waals surface area contributed by atoms with Gasteiger partial charge in [0.05, 0.1) is 0 Å². The summed E-state index contributed by atoms with van der Waals surface area (Å²) in [5.74, 6) is 0.454. The van der Waals surface area contributed by atoms with Gasteiger partial charge in [-0.15, -0.1) is 0 Å². The lowest BCUT2D eigenvalue weighted by Crippen LogP contribution is -2.25. The van der Waals surface area contributed by atoms with Crippen LogP contribution in [0.15, 0.2) is 42.5 Å². The van der Waals surface area contributed by atoms with E-state index in [1.807, 2.05) is 12.1 Å². The maximum absolute atomic E-state index is 10.4. The molecule has 0 radical (unpaired) electrons. The largest absolute Gasteiger partial charge is 0.508 e. The summed E-state index contributed by atoms with van der Waals surface area (Å²) in [6.45, 7) is 4.42. The predicted octanol–water partition coefficient (Wildman–Crippen LogP) is 4.90. The lowest BCUT2D eigenvalue weighted by molar-refractivity contribution is 0.430. The van der Waals surface area contributed by atoms with Gasteiger partial charge in [-0.3, -0.25) is 0 Å². The average molecular weight is 256 g/mol. The Hall–Kier alpha value is -1.50. The number of phenolic OH excluding ortho intramolecular Hbond substituents is 1. The zero-order chi connectivity index (χ0) is 13.7. The Balaban J connectivity index is 2.46. The molecule has 0 saturated heterocycles. The Morgan fingerprint density at radius 3 is 2.68 bits per heavy atom. The Morgan fingerprint density at radius 2 is 2.05 bits per heavy atom. The third-order valence-corrected chi connectivity index (χ3v) is 4.20. The van der Waals surface area contributed by atoms with E-state index in [-0.39, 0.29) is 5.41 Å². The fourth-order valence-corrected chi connectivity index (χ4v) is 3.03. The summed E-state index contributed by atoms with van der Waals surface area (Å²) < 4.78 is 0. The zero-order valence-corrected chi connectivity index (χ0v) is 12.0. The van der Waals surface area contributed by atoms with Gasteiger partial charge < -0.3 is 5.11 Å². The molecule has 2 rings (SSSR count). The quantitative estimate of drug-likeness (QED) is 0.794. The SMILES string of the molecule is CCCCc1cccc(O)c1C1(CC)C=CC=CC1. The molecule has 0 amide bonds. The molecule has 1 heteroatoms. The number of rotatable bonds is 5. The summed E-state index contributed by atoms with van der Waals surface area (Å²) in [7, 11) is 0. The first kappa shape index (κ1) is 13.9. The van der Waals surface area contributed by atoms with E-state index < -0.39 is 0 Å². The highest BCUT2D eigenvalue weighted by Crippen LogP contribution is 2.42. The van der Waals surface area contributed by atoms with Crippen molar-refractivity contribution in [3.63, 3.8) is 0 Å². The summed E-state index contributed by atoms with van der Waals surface area (Å²) >= 11 is 0. The zero-order valence-electron chi connectivity index (χ0n) is 12.0. The van der Waals surface area contributed by atoms with Crippen molar-refractivity contribution >= 4 is 0 Å². The molecule has 1 unspecified atom stereocenters. The van der Waals surface area contributed by atoms with Crippen LogP contribution in [0.25, 0.3) is 0 Å². The summed E-state index contributed by atoms with van der Waals surface area (Å²) in [6, 6.07) is 5.97. The molecule has 1 aliphatic rings. The minimum atomic E-state index is -0.0246. The Kier molecular flexibility index (Phi) is 4.47. The smallest absolute Gasteiger partial charge is 0.119 e. The number of unbranched alkanes of at least 4 members (excludes halogenated alkanes) is 1. The standard InChI is InChI=1S/C18H24O/c1-3-5-10-15-11-9-12-16(19)17(15)18(4-2)13-7-6-8-14-18/h6-9,11-13,19H,3-5,10,14H2,1-2H3. The number of allylic oxidation sites excluding steroid dienone is 4. The predicted molar refractivity (Wildman–Crippen MR) is 81.6 cm³/mol. The van der Waals surface area contributed by atoms with Crippen LogP contribution in [0, 0.1) is 0 Å². The van der Waals surface area contributed by atoms with Crippen LogP contribution in [-0.4, -0.2) is 5.11 Å². The first-order valence-corrected chi connectivity index (χ1v) is 7.39. The molecule has 1 nitrogen and oxygen atoms in total. The number of benzene rings is 1. The lowest BCUT2D eigenvalue weighted by Gasteiger charge is -2.33. The molecule has 1 atom stereocenters. The summed E-state index contributed by atoms with van der Waals surface area (Å²) in [5, 5.41) is 10.4. The molecule has 0 aliphatic heterocycles. The van der Waals surface area contributed by atoms with E-state index >= 15 is 0 Å². The lowest BCUT2D eigenvalue weighted by atomic mass is 9.71.